The second-order valence-electron chi connectivity index (χ2n) is 5.38. The second-order valence-corrected chi connectivity index (χ2v) is 7.11. The number of halogens is 1. The molecular weight excluding hydrogens is 297 g/mol. The monoisotopic (exact) mass is 317 g/mol. The van der Waals surface area contributed by atoms with Gasteiger partial charge in [0.1, 0.15) is 10.7 Å². The number of carbonyl (C=O) groups is 1. The third-order valence-electron chi connectivity index (χ3n) is 2.96. The molecule has 0 aromatic heterocycles. The average molecular weight is 317 g/mol. The Morgan fingerprint density at radius 2 is 1.95 bits per heavy atom. The summed E-state index contributed by atoms with van der Waals surface area (Å²) in [5.41, 5.74) is 0. The molecule has 0 spiro atoms. The summed E-state index contributed by atoms with van der Waals surface area (Å²) in [5.74, 6) is -1.90. The summed E-state index contributed by atoms with van der Waals surface area (Å²) in [6, 6.07) is 5.07. The van der Waals surface area contributed by atoms with Crippen molar-refractivity contribution in [3.05, 3.63) is 30.1 Å². The van der Waals surface area contributed by atoms with Gasteiger partial charge in [0, 0.05) is 13.0 Å². The van der Waals surface area contributed by atoms with Crippen molar-refractivity contribution in [2.45, 2.75) is 31.6 Å². The number of nitrogens with one attached hydrogen (secondary N) is 1. The molecule has 0 fully saturated rings. The van der Waals surface area contributed by atoms with Crippen LogP contribution in [0, 0.1) is 17.7 Å². The molecule has 21 heavy (non-hydrogen) atoms. The van der Waals surface area contributed by atoms with Crippen molar-refractivity contribution in [3.63, 3.8) is 0 Å². The lowest BCUT2D eigenvalue weighted by Gasteiger charge is -2.18. The van der Waals surface area contributed by atoms with Gasteiger partial charge in [0.15, 0.2) is 0 Å². The van der Waals surface area contributed by atoms with E-state index in [-0.39, 0.29) is 24.8 Å². The van der Waals surface area contributed by atoms with E-state index in [9.17, 15) is 17.6 Å². The Hall–Kier alpha value is -1.47. The topological polar surface area (TPSA) is 83.5 Å². The normalized spacial score (nSPS) is 13.3. The highest BCUT2D eigenvalue weighted by atomic mass is 32.2. The summed E-state index contributed by atoms with van der Waals surface area (Å²) in [5, 5.41) is 8.85. The molecule has 2 N–H and O–H groups in total. The van der Waals surface area contributed by atoms with Crippen molar-refractivity contribution in [3.8, 4) is 0 Å². The van der Waals surface area contributed by atoms with Gasteiger partial charge in [-0.15, -0.1) is 0 Å². The first kappa shape index (κ1) is 17.6. The van der Waals surface area contributed by atoms with Gasteiger partial charge in [0.05, 0.1) is 0 Å². The highest BCUT2D eigenvalue weighted by Gasteiger charge is 2.22. The average Bonchev–Trinajstić information content (AvgIpc) is 2.35. The van der Waals surface area contributed by atoms with Crippen LogP contribution >= 0.6 is 0 Å². The van der Waals surface area contributed by atoms with Gasteiger partial charge in [0.2, 0.25) is 10.0 Å². The standard InChI is InChI=1S/C14H20FNO4S/c1-10(2)7-11(8-14(17)18)9-16-21(19,20)13-6-4-3-5-12(13)15/h3-6,10-11,16H,7-9H2,1-2H3,(H,17,18). The number of carboxylic acids is 1. The van der Waals surface area contributed by atoms with Crippen molar-refractivity contribution >= 4 is 16.0 Å². The lowest BCUT2D eigenvalue weighted by atomic mass is 9.94. The van der Waals surface area contributed by atoms with Crippen molar-refractivity contribution in [2.75, 3.05) is 6.54 Å². The lowest BCUT2D eigenvalue weighted by Crippen LogP contribution is -2.31. The zero-order valence-corrected chi connectivity index (χ0v) is 12.9. The molecule has 1 aromatic rings. The maximum Gasteiger partial charge on any atom is 0.303 e. The fourth-order valence-electron chi connectivity index (χ4n) is 2.12. The second kappa shape index (κ2) is 7.51. The minimum absolute atomic E-state index is 0.0266. The molecule has 5 nitrogen and oxygen atoms in total. The summed E-state index contributed by atoms with van der Waals surface area (Å²) < 4.78 is 39.9. The fraction of sp³-hybridized carbons (Fsp3) is 0.500. The maximum atomic E-state index is 13.5. The predicted octanol–water partition coefficient (Wildman–Crippen LogP) is 2.24. The van der Waals surface area contributed by atoms with Crippen LogP contribution < -0.4 is 4.72 Å². The summed E-state index contributed by atoms with van der Waals surface area (Å²) in [6.07, 6.45) is 0.448. The van der Waals surface area contributed by atoms with E-state index >= 15 is 0 Å². The Morgan fingerprint density at radius 1 is 1.33 bits per heavy atom. The van der Waals surface area contributed by atoms with E-state index in [1.165, 1.54) is 18.2 Å². The van der Waals surface area contributed by atoms with Gasteiger partial charge in [-0.1, -0.05) is 26.0 Å². The molecule has 0 aliphatic rings. The Labute approximate surface area is 124 Å². The van der Waals surface area contributed by atoms with Crippen LogP contribution in [0.5, 0.6) is 0 Å². The van der Waals surface area contributed by atoms with E-state index in [1.54, 1.807) is 0 Å². The van der Waals surface area contributed by atoms with Gasteiger partial charge in [-0.25, -0.2) is 17.5 Å². The number of carboxylic acid groups (broad SMARTS) is 1. The quantitative estimate of drug-likeness (QED) is 0.770. The summed E-state index contributed by atoms with van der Waals surface area (Å²) in [6.45, 7) is 3.83. The highest BCUT2D eigenvalue weighted by molar-refractivity contribution is 7.89. The van der Waals surface area contributed by atoms with Crippen LogP contribution in [0.25, 0.3) is 0 Å². The first-order valence-electron chi connectivity index (χ1n) is 6.68. The van der Waals surface area contributed by atoms with Crippen LogP contribution in [0.1, 0.15) is 26.7 Å². The van der Waals surface area contributed by atoms with Gasteiger partial charge in [-0.05, 0) is 30.4 Å². The highest BCUT2D eigenvalue weighted by Crippen LogP contribution is 2.17. The SMILES string of the molecule is CC(C)CC(CNS(=O)(=O)c1ccccc1F)CC(=O)O. The molecule has 0 aliphatic heterocycles. The van der Waals surface area contributed by atoms with Crippen molar-refractivity contribution in [2.24, 2.45) is 11.8 Å². The van der Waals surface area contributed by atoms with Gasteiger partial charge < -0.3 is 5.11 Å². The molecule has 0 saturated carbocycles. The lowest BCUT2D eigenvalue weighted by molar-refractivity contribution is -0.138. The van der Waals surface area contributed by atoms with Crippen LogP contribution in [0.3, 0.4) is 0 Å². The van der Waals surface area contributed by atoms with E-state index in [0.29, 0.717) is 6.42 Å². The first-order chi connectivity index (χ1) is 9.72. The molecule has 1 aromatic carbocycles. The molecule has 118 valence electrons. The predicted molar refractivity (Wildman–Crippen MR) is 76.8 cm³/mol. The third-order valence-corrected chi connectivity index (χ3v) is 4.41. The molecule has 0 bridgehead atoms. The number of sulfonamides is 1. The Balaban J connectivity index is 2.78. The van der Waals surface area contributed by atoms with E-state index in [1.807, 2.05) is 13.8 Å². The zero-order chi connectivity index (χ0) is 16.0. The minimum atomic E-state index is -3.98. The maximum absolute atomic E-state index is 13.5. The van der Waals surface area contributed by atoms with Crippen LogP contribution in [0.2, 0.25) is 0 Å². The largest absolute Gasteiger partial charge is 0.481 e. The Kier molecular flexibility index (Phi) is 6.29. The molecular formula is C14H20FNO4S. The minimum Gasteiger partial charge on any atom is -0.481 e. The smallest absolute Gasteiger partial charge is 0.303 e. The van der Waals surface area contributed by atoms with Crippen molar-refractivity contribution < 1.29 is 22.7 Å². The van der Waals surface area contributed by atoms with Gasteiger partial charge in [-0.3, -0.25) is 4.79 Å². The van der Waals surface area contributed by atoms with Crippen molar-refractivity contribution in [1.82, 2.24) is 4.72 Å². The van der Waals surface area contributed by atoms with E-state index in [2.05, 4.69) is 4.72 Å². The summed E-state index contributed by atoms with van der Waals surface area (Å²) in [4.78, 5) is 10.4. The molecule has 0 saturated heterocycles. The number of aliphatic carboxylic acids is 1. The molecule has 1 unspecified atom stereocenters. The third kappa shape index (κ3) is 5.81. The van der Waals surface area contributed by atoms with E-state index in [0.717, 1.165) is 6.07 Å². The number of rotatable bonds is 8. The zero-order valence-electron chi connectivity index (χ0n) is 12.0. The summed E-state index contributed by atoms with van der Waals surface area (Å²) in [7, 11) is -3.98. The Bertz CT molecular complexity index is 586. The van der Waals surface area contributed by atoms with E-state index < -0.39 is 26.7 Å². The van der Waals surface area contributed by atoms with Crippen LogP contribution in [0.4, 0.5) is 4.39 Å². The van der Waals surface area contributed by atoms with Crippen LogP contribution in [0.15, 0.2) is 29.2 Å². The van der Waals surface area contributed by atoms with Gasteiger partial charge >= 0.3 is 5.97 Å². The first-order valence-corrected chi connectivity index (χ1v) is 8.16. The molecule has 0 radical (unpaired) electrons. The fourth-order valence-corrected chi connectivity index (χ4v) is 3.31. The number of benzene rings is 1. The van der Waals surface area contributed by atoms with Crippen LogP contribution in [-0.4, -0.2) is 26.0 Å². The summed E-state index contributed by atoms with van der Waals surface area (Å²) >= 11 is 0. The van der Waals surface area contributed by atoms with Gasteiger partial charge in [0.25, 0.3) is 0 Å². The molecule has 7 heteroatoms. The molecule has 0 heterocycles. The van der Waals surface area contributed by atoms with Gasteiger partial charge in [-0.2, -0.15) is 0 Å². The molecule has 1 rings (SSSR count). The number of hydrogen-bond acceptors (Lipinski definition) is 3. The molecule has 1 atom stereocenters. The van der Waals surface area contributed by atoms with Crippen molar-refractivity contribution in [1.29, 1.82) is 0 Å². The number of hydrogen-bond donors (Lipinski definition) is 2. The Morgan fingerprint density at radius 3 is 2.48 bits per heavy atom. The molecule has 0 aliphatic carbocycles. The molecule has 0 amide bonds. The van der Waals surface area contributed by atoms with E-state index in [4.69, 9.17) is 5.11 Å². The van der Waals surface area contributed by atoms with Crippen LogP contribution in [-0.2, 0) is 14.8 Å².